The molecule has 0 bridgehead atoms. The van der Waals surface area contributed by atoms with E-state index in [9.17, 15) is 18.8 Å². The van der Waals surface area contributed by atoms with E-state index in [2.05, 4.69) is 10.6 Å². The predicted molar refractivity (Wildman–Crippen MR) is 83.3 cm³/mol. The Morgan fingerprint density at radius 3 is 2.09 bits per heavy atom. The number of hydrogen-bond acceptors (Lipinski definition) is 3. The normalized spacial score (nSPS) is 16.8. The van der Waals surface area contributed by atoms with Crippen LogP contribution in [0.3, 0.4) is 0 Å². The molecule has 1 saturated heterocycles. The molecule has 1 aliphatic heterocycles. The van der Waals surface area contributed by atoms with Crippen molar-refractivity contribution < 1.29 is 18.8 Å². The smallest absolute Gasteiger partial charge is 0.277 e. The molecular formula is C17H21FN2O3. The van der Waals surface area contributed by atoms with Crippen LogP contribution in [0.2, 0.25) is 0 Å². The average molecular weight is 319 g/mol. The number of barbiturate groups is 1. The second-order valence-electron chi connectivity index (χ2n) is 5.84. The molecule has 4 amide bonds. The van der Waals surface area contributed by atoms with Crippen LogP contribution in [0, 0.1) is 5.41 Å². The lowest BCUT2D eigenvalue weighted by atomic mass is 9.74. The van der Waals surface area contributed by atoms with Gasteiger partial charge in [0.2, 0.25) is 11.8 Å². The van der Waals surface area contributed by atoms with Crippen molar-refractivity contribution in [1.82, 2.24) is 10.6 Å². The summed E-state index contributed by atoms with van der Waals surface area (Å²) in [6.07, 6.45) is 3.15. The number of unbranched alkanes of at least 4 members (excludes halogenated alkanes) is 3. The van der Waals surface area contributed by atoms with Crippen molar-refractivity contribution in [3.8, 4) is 0 Å². The zero-order chi connectivity index (χ0) is 16.7. The first kappa shape index (κ1) is 17.1. The quantitative estimate of drug-likeness (QED) is 0.571. The lowest BCUT2D eigenvalue weighted by Gasteiger charge is -2.34. The molecule has 1 aromatic rings. The number of nitrogens with one attached hydrogen (secondary N) is 2. The molecule has 0 atom stereocenters. The third kappa shape index (κ3) is 4.15. The van der Waals surface area contributed by atoms with Crippen LogP contribution < -0.4 is 10.6 Å². The summed E-state index contributed by atoms with van der Waals surface area (Å²) in [5.41, 5.74) is -0.429. The Labute approximate surface area is 134 Å². The summed E-state index contributed by atoms with van der Waals surface area (Å²) in [7, 11) is 0. The summed E-state index contributed by atoms with van der Waals surface area (Å²) >= 11 is 0. The van der Waals surface area contributed by atoms with E-state index < -0.39 is 23.3 Å². The molecule has 1 aliphatic rings. The highest BCUT2D eigenvalue weighted by Crippen LogP contribution is 2.32. The van der Waals surface area contributed by atoms with Crippen molar-refractivity contribution in [1.29, 1.82) is 0 Å². The molecule has 2 N–H and O–H groups in total. The Bertz CT molecular complexity index is 554. The third-order valence-corrected chi connectivity index (χ3v) is 4.16. The van der Waals surface area contributed by atoms with Gasteiger partial charge in [0, 0.05) is 0 Å². The van der Waals surface area contributed by atoms with Crippen LogP contribution in [0.4, 0.5) is 9.18 Å². The van der Waals surface area contributed by atoms with Crippen LogP contribution in [-0.2, 0) is 16.0 Å². The number of carbonyl (C=O) groups is 3. The van der Waals surface area contributed by atoms with Crippen molar-refractivity contribution in [2.45, 2.75) is 38.5 Å². The summed E-state index contributed by atoms with van der Waals surface area (Å²) in [6, 6.07) is 8.46. The van der Waals surface area contributed by atoms with E-state index in [4.69, 9.17) is 0 Å². The van der Waals surface area contributed by atoms with Crippen molar-refractivity contribution in [3.05, 3.63) is 35.9 Å². The molecule has 5 nitrogen and oxygen atoms in total. The fraction of sp³-hybridized carbons (Fsp3) is 0.471. The summed E-state index contributed by atoms with van der Waals surface area (Å²) in [4.78, 5) is 36.2. The molecule has 0 radical (unpaired) electrons. The van der Waals surface area contributed by atoms with E-state index in [1.165, 1.54) is 0 Å². The Hall–Kier alpha value is -2.24. The molecular weight excluding hydrogens is 298 g/mol. The Morgan fingerprint density at radius 1 is 0.870 bits per heavy atom. The molecule has 1 aromatic carbocycles. The Kier molecular flexibility index (Phi) is 5.84. The lowest BCUT2D eigenvalue weighted by molar-refractivity contribution is -0.145. The average Bonchev–Trinajstić information content (AvgIpc) is 2.53. The van der Waals surface area contributed by atoms with Crippen molar-refractivity contribution >= 4 is 17.8 Å². The molecule has 2 rings (SSSR count). The summed E-state index contributed by atoms with van der Waals surface area (Å²) in [6.45, 7) is -0.357. The van der Waals surface area contributed by atoms with E-state index in [0.717, 1.165) is 18.4 Å². The monoisotopic (exact) mass is 319 g/mol. The summed E-state index contributed by atoms with van der Waals surface area (Å²) < 4.78 is 12.1. The second kappa shape index (κ2) is 7.85. The van der Waals surface area contributed by atoms with E-state index in [0.29, 0.717) is 19.3 Å². The largest absolute Gasteiger partial charge is 0.328 e. The van der Waals surface area contributed by atoms with Crippen LogP contribution >= 0.6 is 0 Å². The highest BCUT2D eigenvalue weighted by molar-refractivity contribution is 6.19. The van der Waals surface area contributed by atoms with Gasteiger partial charge >= 0.3 is 6.03 Å². The number of halogens is 1. The fourth-order valence-electron chi connectivity index (χ4n) is 2.88. The van der Waals surface area contributed by atoms with E-state index >= 15 is 0 Å². The summed E-state index contributed by atoms with van der Waals surface area (Å²) in [5.74, 6) is -1.11. The predicted octanol–water partition coefficient (Wildman–Crippen LogP) is 2.50. The molecule has 0 unspecified atom stereocenters. The minimum atomic E-state index is -1.29. The maximum absolute atomic E-state index is 12.4. The number of alkyl halides is 1. The first-order valence-electron chi connectivity index (χ1n) is 7.85. The number of rotatable bonds is 8. The van der Waals surface area contributed by atoms with E-state index in [1.54, 1.807) is 0 Å². The topological polar surface area (TPSA) is 75.3 Å². The van der Waals surface area contributed by atoms with Crippen LogP contribution in [-0.4, -0.2) is 24.5 Å². The number of urea groups is 1. The van der Waals surface area contributed by atoms with E-state index in [1.807, 2.05) is 30.3 Å². The van der Waals surface area contributed by atoms with Gasteiger partial charge in [-0.2, -0.15) is 0 Å². The molecule has 0 saturated carbocycles. The van der Waals surface area contributed by atoms with Crippen molar-refractivity contribution in [2.75, 3.05) is 6.67 Å². The van der Waals surface area contributed by atoms with Crippen molar-refractivity contribution in [2.24, 2.45) is 5.41 Å². The molecule has 124 valence electrons. The molecule has 1 fully saturated rings. The fourth-order valence-corrected chi connectivity index (χ4v) is 2.88. The molecule has 23 heavy (non-hydrogen) atoms. The van der Waals surface area contributed by atoms with Gasteiger partial charge in [0.15, 0.2) is 0 Å². The van der Waals surface area contributed by atoms with Crippen LogP contribution in [0.15, 0.2) is 30.3 Å². The highest BCUT2D eigenvalue weighted by atomic mass is 18.2. The van der Waals surface area contributed by atoms with Gasteiger partial charge in [-0.25, -0.2) is 4.79 Å². The van der Waals surface area contributed by atoms with Gasteiger partial charge in [0.25, 0.3) is 0 Å². The SMILES string of the molecule is O=C1NC(=O)C(CCCCCC[18F])(Cc2ccccc2)C(=O)N1. The first-order valence-corrected chi connectivity index (χ1v) is 7.85. The van der Waals surface area contributed by atoms with Gasteiger partial charge < -0.3 is 0 Å². The minimum Gasteiger partial charge on any atom is -0.277 e. The molecule has 1 heterocycles. The molecule has 0 aromatic heterocycles. The van der Waals surface area contributed by atoms with Gasteiger partial charge in [0.05, 0.1) is 6.67 Å². The highest BCUT2D eigenvalue weighted by Gasteiger charge is 2.49. The number of amides is 4. The number of carbonyl (C=O) groups excluding carboxylic acids is 3. The third-order valence-electron chi connectivity index (χ3n) is 4.16. The van der Waals surface area contributed by atoms with Gasteiger partial charge in [0.1, 0.15) is 5.41 Å². The standard InChI is InChI=1S/C17H21FN2O3/c18-11-7-2-1-6-10-17(12-13-8-4-3-5-9-13)14(21)19-16(23)20-15(17)22/h3-5,8-9H,1-2,6-7,10-12H2,(H2,19,20,21,22,23)/i18-1. The Balaban J connectivity index is 2.14. The molecule has 0 aliphatic carbocycles. The number of hydrogen-bond donors (Lipinski definition) is 2. The van der Waals surface area contributed by atoms with Gasteiger partial charge in [-0.3, -0.25) is 24.6 Å². The van der Waals surface area contributed by atoms with Crippen molar-refractivity contribution in [3.63, 3.8) is 0 Å². The van der Waals surface area contributed by atoms with Crippen LogP contribution in [0.1, 0.15) is 37.7 Å². The first-order chi connectivity index (χ1) is 11.1. The zero-order valence-corrected chi connectivity index (χ0v) is 12.9. The van der Waals surface area contributed by atoms with Crippen LogP contribution in [0.5, 0.6) is 0 Å². The molecule has 0 spiro atoms. The maximum atomic E-state index is 12.4. The number of imide groups is 2. The van der Waals surface area contributed by atoms with Gasteiger partial charge in [-0.1, -0.05) is 49.6 Å². The second-order valence-corrected chi connectivity index (χ2v) is 5.84. The lowest BCUT2D eigenvalue weighted by Crippen LogP contribution is -2.63. The maximum Gasteiger partial charge on any atom is 0.328 e. The van der Waals surface area contributed by atoms with E-state index in [-0.39, 0.29) is 13.1 Å². The summed E-state index contributed by atoms with van der Waals surface area (Å²) in [5, 5.41) is 4.41. The number of benzene rings is 1. The van der Waals surface area contributed by atoms with Gasteiger partial charge in [-0.15, -0.1) is 0 Å². The zero-order valence-electron chi connectivity index (χ0n) is 12.9. The molecule has 6 heteroatoms. The minimum absolute atomic E-state index is 0.238. The van der Waals surface area contributed by atoms with Gasteiger partial charge in [-0.05, 0) is 24.8 Å². The Morgan fingerprint density at radius 2 is 1.48 bits per heavy atom. The van der Waals surface area contributed by atoms with Crippen LogP contribution in [0.25, 0.3) is 0 Å².